The van der Waals surface area contributed by atoms with E-state index >= 15 is 0 Å². The first kappa shape index (κ1) is 10.7. The smallest absolute Gasteiger partial charge is 0.151 e. The van der Waals surface area contributed by atoms with Crippen molar-refractivity contribution in [2.24, 2.45) is 0 Å². The lowest BCUT2D eigenvalue weighted by atomic mass is 10.0. The monoisotopic (exact) mass is 243 g/mol. The highest BCUT2D eigenvalue weighted by Crippen LogP contribution is 2.39. The summed E-state index contributed by atoms with van der Waals surface area (Å²) < 4.78 is 2.11. The Labute approximate surface area is 105 Å². The van der Waals surface area contributed by atoms with Crippen molar-refractivity contribution in [2.45, 2.75) is 17.4 Å². The molecule has 1 aromatic carbocycles. The molecule has 0 radical (unpaired) electrons. The Balaban J connectivity index is 1.81. The largest absolute Gasteiger partial charge is 0.353 e. The maximum atomic E-state index is 10.6. The van der Waals surface area contributed by atoms with Crippen molar-refractivity contribution in [1.82, 2.24) is 4.57 Å². The zero-order valence-electron chi connectivity index (χ0n) is 9.37. The van der Waals surface area contributed by atoms with Gasteiger partial charge in [0.05, 0.1) is 0 Å². The Morgan fingerprint density at radius 3 is 3.06 bits per heavy atom. The van der Waals surface area contributed by atoms with E-state index in [1.54, 1.807) is 0 Å². The Bertz CT molecular complexity index is 547. The second-order valence-corrected chi connectivity index (χ2v) is 5.37. The van der Waals surface area contributed by atoms with E-state index < -0.39 is 0 Å². The lowest BCUT2D eigenvalue weighted by molar-refractivity contribution is 0.112. The first-order valence-corrected chi connectivity index (χ1v) is 6.68. The lowest BCUT2D eigenvalue weighted by Gasteiger charge is -2.11. The fourth-order valence-electron chi connectivity index (χ4n) is 2.28. The van der Waals surface area contributed by atoms with E-state index in [0.29, 0.717) is 5.92 Å². The summed E-state index contributed by atoms with van der Waals surface area (Å²) in [5.41, 5.74) is 2.20. The third-order valence-corrected chi connectivity index (χ3v) is 4.39. The highest BCUT2D eigenvalue weighted by atomic mass is 32.2. The first-order chi connectivity index (χ1) is 8.36. The van der Waals surface area contributed by atoms with Crippen LogP contribution in [0.2, 0.25) is 0 Å². The van der Waals surface area contributed by atoms with E-state index in [2.05, 4.69) is 28.8 Å². The fourth-order valence-corrected chi connectivity index (χ4v) is 3.52. The van der Waals surface area contributed by atoms with Crippen LogP contribution in [0.5, 0.6) is 0 Å². The number of fused-ring (bicyclic) bond motifs is 1. The number of aromatic nitrogens is 1. The molecule has 1 aromatic heterocycles. The topological polar surface area (TPSA) is 22.0 Å². The molecule has 0 saturated heterocycles. The summed E-state index contributed by atoms with van der Waals surface area (Å²) in [6, 6.07) is 10.5. The fraction of sp³-hybridized carbons (Fsp3) is 0.214. The molecule has 0 spiro atoms. The van der Waals surface area contributed by atoms with Gasteiger partial charge in [0.1, 0.15) is 0 Å². The van der Waals surface area contributed by atoms with Gasteiger partial charge in [-0.3, -0.25) is 4.79 Å². The highest BCUT2D eigenvalue weighted by Gasteiger charge is 2.22. The third-order valence-electron chi connectivity index (χ3n) is 3.14. The van der Waals surface area contributed by atoms with Crippen LogP contribution in [0.4, 0.5) is 0 Å². The van der Waals surface area contributed by atoms with Crippen LogP contribution in [0.1, 0.15) is 21.8 Å². The molecule has 0 saturated carbocycles. The maximum Gasteiger partial charge on any atom is 0.151 e. The van der Waals surface area contributed by atoms with Crippen molar-refractivity contribution in [1.29, 1.82) is 0 Å². The molecule has 0 bridgehead atoms. The van der Waals surface area contributed by atoms with Crippen molar-refractivity contribution in [3.63, 3.8) is 0 Å². The Morgan fingerprint density at radius 2 is 2.24 bits per heavy atom. The molecule has 2 nitrogen and oxygen atoms in total. The van der Waals surface area contributed by atoms with Crippen molar-refractivity contribution >= 4 is 18.0 Å². The quantitative estimate of drug-likeness (QED) is 0.772. The van der Waals surface area contributed by atoms with Crippen LogP contribution in [-0.2, 0) is 6.54 Å². The molecule has 3 heteroatoms. The average molecular weight is 243 g/mol. The van der Waals surface area contributed by atoms with Gasteiger partial charge in [-0.05, 0) is 17.7 Å². The van der Waals surface area contributed by atoms with Gasteiger partial charge < -0.3 is 4.57 Å². The summed E-state index contributed by atoms with van der Waals surface area (Å²) in [4.78, 5) is 12.0. The van der Waals surface area contributed by atoms with E-state index in [4.69, 9.17) is 0 Å². The van der Waals surface area contributed by atoms with Gasteiger partial charge in [0.2, 0.25) is 0 Å². The molecular weight excluding hydrogens is 230 g/mol. The molecule has 0 N–H and O–H groups in total. The Morgan fingerprint density at radius 1 is 1.35 bits per heavy atom. The van der Waals surface area contributed by atoms with Gasteiger partial charge in [-0.25, -0.2) is 0 Å². The predicted octanol–water partition coefficient (Wildman–Crippen LogP) is 3.19. The Kier molecular flexibility index (Phi) is 2.77. The van der Waals surface area contributed by atoms with Crippen molar-refractivity contribution in [3.8, 4) is 0 Å². The maximum absolute atomic E-state index is 10.6. The molecule has 2 heterocycles. The van der Waals surface area contributed by atoms with Crippen LogP contribution in [-0.4, -0.2) is 16.6 Å². The SMILES string of the molecule is O=Cc1ccn(CC2CSc3ccccc32)c1. The molecule has 1 aliphatic rings. The number of carbonyl (C=O) groups excluding carboxylic acids is 1. The second-order valence-electron chi connectivity index (χ2n) is 4.31. The van der Waals surface area contributed by atoms with E-state index in [1.807, 2.05) is 30.2 Å². The van der Waals surface area contributed by atoms with Crippen molar-refractivity contribution < 1.29 is 4.79 Å². The molecule has 1 atom stereocenters. The van der Waals surface area contributed by atoms with Gasteiger partial charge in [0.15, 0.2) is 6.29 Å². The molecular formula is C14H13NOS. The molecule has 17 heavy (non-hydrogen) atoms. The summed E-state index contributed by atoms with van der Waals surface area (Å²) in [7, 11) is 0. The molecule has 1 unspecified atom stereocenters. The lowest BCUT2D eigenvalue weighted by Crippen LogP contribution is -2.06. The van der Waals surface area contributed by atoms with Crippen LogP contribution >= 0.6 is 11.8 Å². The minimum atomic E-state index is 0.558. The van der Waals surface area contributed by atoms with E-state index in [1.165, 1.54) is 10.5 Å². The van der Waals surface area contributed by atoms with Crippen LogP contribution < -0.4 is 0 Å². The first-order valence-electron chi connectivity index (χ1n) is 5.69. The highest BCUT2D eigenvalue weighted by molar-refractivity contribution is 7.99. The summed E-state index contributed by atoms with van der Waals surface area (Å²) in [6.45, 7) is 0.956. The van der Waals surface area contributed by atoms with Crippen LogP contribution in [0, 0.1) is 0 Å². The number of thioether (sulfide) groups is 1. The van der Waals surface area contributed by atoms with Gasteiger partial charge in [-0.2, -0.15) is 0 Å². The van der Waals surface area contributed by atoms with E-state index in [9.17, 15) is 4.79 Å². The van der Waals surface area contributed by atoms with Gasteiger partial charge >= 0.3 is 0 Å². The average Bonchev–Trinajstić information content (AvgIpc) is 2.97. The standard InChI is InChI=1S/C14H13NOS/c16-9-11-5-6-15(7-11)8-12-10-17-14-4-2-1-3-13(12)14/h1-7,9,12H,8,10H2. The molecule has 0 amide bonds. The predicted molar refractivity (Wildman–Crippen MR) is 69.7 cm³/mol. The second kappa shape index (κ2) is 4.41. The van der Waals surface area contributed by atoms with Gasteiger partial charge in [0.25, 0.3) is 0 Å². The molecule has 0 aliphatic carbocycles. The number of aldehydes is 1. The Hall–Kier alpha value is -1.48. The molecule has 1 aliphatic heterocycles. The minimum Gasteiger partial charge on any atom is -0.353 e. The molecule has 3 rings (SSSR count). The van der Waals surface area contributed by atoms with Gasteiger partial charge in [-0.1, -0.05) is 18.2 Å². The van der Waals surface area contributed by atoms with Crippen LogP contribution in [0.25, 0.3) is 0 Å². The number of benzene rings is 1. The summed E-state index contributed by atoms with van der Waals surface area (Å²) in [5.74, 6) is 1.69. The number of rotatable bonds is 3. The molecule has 0 fully saturated rings. The van der Waals surface area contributed by atoms with Gasteiger partial charge in [0, 0.05) is 41.1 Å². The van der Waals surface area contributed by atoms with E-state index in [0.717, 1.165) is 24.1 Å². The zero-order valence-corrected chi connectivity index (χ0v) is 10.2. The van der Waals surface area contributed by atoms with Crippen molar-refractivity contribution in [2.75, 3.05) is 5.75 Å². The number of hydrogen-bond donors (Lipinski definition) is 0. The number of nitrogens with zero attached hydrogens (tertiary/aromatic N) is 1. The molecule has 2 aromatic rings. The summed E-state index contributed by atoms with van der Waals surface area (Å²) in [5, 5.41) is 0. The molecule has 86 valence electrons. The zero-order chi connectivity index (χ0) is 11.7. The van der Waals surface area contributed by atoms with Crippen LogP contribution in [0.15, 0.2) is 47.6 Å². The minimum absolute atomic E-state index is 0.558. The normalized spacial score (nSPS) is 18.0. The summed E-state index contributed by atoms with van der Waals surface area (Å²) in [6.07, 6.45) is 4.79. The third kappa shape index (κ3) is 2.03. The number of carbonyl (C=O) groups is 1. The van der Waals surface area contributed by atoms with E-state index in [-0.39, 0.29) is 0 Å². The van der Waals surface area contributed by atoms with Gasteiger partial charge in [-0.15, -0.1) is 11.8 Å². The van der Waals surface area contributed by atoms with Crippen LogP contribution in [0.3, 0.4) is 0 Å². The number of hydrogen-bond acceptors (Lipinski definition) is 2. The summed E-state index contributed by atoms with van der Waals surface area (Å²) >= 11 is 1.92. The van der Waals surface area contributed by atoms with Crippen molar-refractivity contribution in [3.05, 3.63) is 53.9 Å².